The molecule has 3 aromatic carbocycles. The summed E-state index contributed by atoms with van der Waals surface area (Å²) < 4.78 is 6.07. The Kier molecular flexibility index (Phi) is 8.91. The molecule has 0 N–H and O–H groups in total. The molecule has 0 saturated heterocycles. The summed E-state index contributed by atoms with van der Waals surface area (Å²) in [6, 6.07) is 21.3. The van der Waals surface area contributed by atoms with Gasteiger partial charge in [-0.15, -0.1) is 0 Å². The maximum absolute atomic E-state index is 14.2. The Bertz CT molecular complexity index is 1070. The zero-order chi connectivity index (χ0) is 24.0. The maximum atomic E-state index is 14.2. The van der Waals surface area contributed by atoms with Crippen molar-refractivity contribution >= 4 is 38.5 Å². The summed E-state index contributed by atoms with van der Waals surface area (Å²) in [6.07, 6.45) is 10.4. The van der Waals surface area contributed by atoms with Crippen molar-refractivity contribution in [3.8, 4) is 0 Å². The van der Waals surface area contributed by atoms with E-state index in [-0.39, 0.29) is 5.78 Å². The first-order chi connectivity index (χ1) is 16.6. The van der Waals surface area contributed by atoms with E-state index in [4.69, 9.17) is 0 Å². The normalized spacial score (nSPS) is 14.0. The Morgan fingerprint density at radius 2 is 1.35 bits per heavy atom. The van der Waals surface area contributed by atoms with Crippen molar-refractivity contribution in [2.24, 2.45) is 0 Å². The van der Waals surface area contributed by atoms with E-state index in [9.17, 15) is 4.79 Å². The number of unbranched alkanes of at least 4 members (excludes halogenated alkanes) is 3. The number of hydrogen-bond acceptors (Lipinski definition) is 1. The van der Waals surface area contributed by atoms with E-state index in [0.29, 0.717) is 5.92 Å². The van der Waals surface area contributed by atoms with E-state index >= 15 is 0 Å². The second kappa shape index (κ2) is 11.9. The second-order valence-corrected chi connectivity index (χ2v) is 23.6. The standard InChI is InChI=1S/C20H15O.3C4H9.Sn/c21-20(16-7-2-1-3-8-16)19-17-9-5-4-6-14(17)12-13-18(19)15-10-11-15;3*1-3-4-2;/h1-9,12,15H,10-11H2;3*1,3-4H2,2H3;. The number of ketones is 1. The Morgan fingerprint density at radius 3 is 1.91 bits per heavy atom. The molecule has 0 heterocycles. The van der Waals surface area contributed by atoms with Crippen LogP contribution in [0.25, 0.3) is 10.8 Å². The number of hydrogen-bond donors (Lipinski definition) is 0. The van der Waals surface area contributed by atoms with Crippen LogP contribution in [0.5, 0.6) is 0 Å². The fourth-order valence-corrected chi connectivity index (χ4v) is 23.1. The summed E-state index contributed by atoms with van der Waals surface area (Å²) in [7, 11) is 0. The van der Waals surface area contributed by atoms with Crippen LogP contribution in [0.1, 0.15) is 99.5 Å². The first-order valence-electron chi connectivity index (χ1n) is 13.8. The SMILES string of the molecule is CCC[CH2][Sn]([CH2]CCC)([CH2]CCC)[c]1cc2ccccc2c(C(=O)c2ccccc2)c1C1CC1. The van der Waals surface area contributed by atoms with Crippen molar-refractivity contribution in [1.82, 2.24) is 0 Å². The van der Waals surface area contributed by atoms with Gasteiger partial charge in [0.15, 0.2) is 0 Å². The van der Waals surface area contributed by atoms with Crippen LogP contribution in [0, 0.1) is 0 Å². The summed E-state index contributed by atoms with van der Waals surface area (Å²) in [5, 5.41) is 2.45. The van der Waals surface area contributed by atoms with Crippen molar-refractivity contribution in [2.75, 3.05) is 0 Å². The third-order valence-electron chi connectivity index (χ3n) is 7.94. The average Bonchev–Trinajstić information content (AvgIpc) is 3.73. The zero-order valence-electron chi connectivity index (χ0n) is 21.5. The number of rotatable bonds is 13. The summed E-state index contributed by atoms with van der Waals surface area (Å²) >= 11 is -2.74. The molecule has 1 saturated carbocycles. The Hall–Kier alpha value is -1.61. The molecule has 0 amide bonds. The van der Waals surface area contributed by atoms with E-state index < -0.39 is 18.4 Å². The van der Waals surface area contributed by atoms with Gasteiger partial charge in [0, 0.05) is 0 Å². The summed E-state index contributed by atoms with van der Waals surface area (Å²) in [4.78, 5) is 14.2. The fourth-order valence-electron chi connectivity index (χ4n) is 5.90. The second-order valence-electron chi connectivity index (χ2n) is 10.5. The molecular weight excluding hydrogens is 519 g/mol. The molecule has 180 valence electrons. The predicted octanol–water partition coefficient (Wildman–Crippen LogP) is 9.00. The summed E-state index contributed by atoms with van der Waals surface area (Å²) in [5.41, 5.74) is 3.38. The van der Waals surface area contributed by atoms with Gasteiger partial charge >= 0.3 is 212 Å². The molecule has 0 bridgehead atoms. The molecule has 0 aliphatic heterocycles. The van der Waals surface area contributed by atoms with Crippen molar-refractivity contribution in [3.05, 3.63) is 77.4 Å². The van der Waals surface area contributed by atoms with Gasteiger partial charge in [-0.1, -0.05) is 0 Å². The molecule has 1 fully saturated rings. The van der Waals surface area contributed by atoms with Gasteiger partial charge in [-0.25, -0.2) is 0 Å². The van der Waals surface area contributed by atoms with E-state index in [2.05, 4.69) is 51.1 Å². The van der Waals surface area contributed by atoms with Crippen LogP contribution in [0.3, 0.4) is 0 Å². The van der Waals surface area contributed by atoms with Gasteiger partial charge in [-0.2, -0.15) is 0 Å². The minimum absolute atomic E-state index is 0.238. The molecule has 34 heavy (non-hydrogen) atoms. The molecule has 1 aliphatic carbocycles. The molecular formula is C32H42OSn. The van der Waals surface area contributed by atoms with Crippen LogP contribution in [-0.2, 0) is 0 Å². The Labute approximate surface area is 211 Å². The monoisotopic (exact) mass is 562 g/mol. The first kappa shape index (κ1) is 25.5. The molecule has 1 nitrogen and oxygen atoms in total. The molecule has 3 aromatic rings. The number of benzene rings is 3. The third-order valence-corrected chi connectivity index (χ3v) is 23.6. The van der Waals surface area contributed by atoms with E-state index in [1.165, 1.54) is 81.0 Å². The van der Waals surface area contributed by atoms with Crippen molar-refractivity contribution in [1.29, 1.82) is 0 Å². The average molecular weight is 561 g/mol. The number of fused-ring (bicyclic) bond motifs is 1. The molecule has 2 heteroatoms. The van der Waals surface area contributed by atoms with Gasteiger partial charge in [-0.05, 0) is 0 Å². The topological polar surface area (TPSA) is 17.1 Å². The van der Waals surface area contributed by atoms with E-state index in [0.717, 1.165) is 11.1 Å². The van der Waals surface area contributed by atoms with Crippen molar-refractivity contribution in [3.63, 3.8) is 0 Å². The molecule has 0 atom stereocenters. The minimum atomic E-state index is -2.74. The summed E-state index contributed by atoms with van der Waals surface area (Å²) in [6.45, 7) is 7.05. The van der Waals surface area contributed by atoms with Gasteiger partial charge in [0.25, 0.3) is 0 Å². The molecule has 0 radical (unpaired) electrons. The quantitative estimate of drug-likeness (QED) is 0.150. The van der Waals surface area contributed by atoms with E-state index in [1.807, 2.05) is 30.3 Å². The Balaban J connectivity index is 2.00. The Morgan fingerprint density at radius 1 is 0.794 bits per heavy atom. The van der Waals surface area contributed by atoms with Gasteiger partial charge in [-0.3, -0.25) is 0 Å². The van der Waals surface area contributed by atoms with Crippen LogP contribution in [-0.4, -0.2) is 24.2 Å². The van der Waals surface area contributed by atoms with Crippen LogP contribution in [0.2, 0.25) is 13.3 Å². The van der Waals surface area contributed by atoms with Gasteiger partial charge < -0.3 is 0 Å². The molecule has 0 spiro atoms. The molecule has 0 aromatic heterocycles. The van der Waals surface area contributed by atoms with E-state index in [1.54, 1.807) is 3.58 Å². The predicted molar refractivity (Wildman–Crippen MR) is 150 cm³/mol. The number of carbonyl (C=O) groups is 1. The van der Waals surface area contributed by atoms with Gasteiger partial charge in [0.05, 0.1) is 0 Å². The third kappa shape index (κ3) is 5.45. The number of carbonyl (C=O) groups excluding carboxylic acids is 1. The van der Waals surface area contributed by atoms with Gasteiger partial charge in [0.1, 0.15) is 0 Å². The van der Waals surface area contributed by atoms with Crippen LogP contribution >= 0.6 is 0 Å². The van der Waals surface area contributed by atoms with Crippen molar-refractivity contribution < 1.29 is 4.79 Å². The van der Waals surface area contributed by atoms with Gasteiger partial charge in [0.2, 0.25) is 0 Å². The molecule has 0 unspecified atom stereocenters. The van der Waals surface area contributed by atoms with Crippen LogP contribution < -0.4 is 3.58 Å². The van der Waals surface area contributed by atoms with Crippen molar-refractivity contribution in [2.45, 2.75) is 91.4 Å². The summed E-state index contributed by atoms with van der Waals surface area (Å²) in [5.74, 6) is 0.824. The first-order valence-corrected chi connectivity index (χ1v) is 21.3. The van der Waals surface area contributed by atoms with Crippen LogP contribution in [0.15, 0.2) is 60.7 Å². The zero-order valence-corrected chi connectivity index (χ0v) is 24.4. The molecule has 4 rings (SSSR count). The fraction of sp³-hybridized carbons (Fsp3) is 0.469. The van der Waals surface area contributed by atoms with Crippen LogP contribution in [0.4, 0.5) is 0 Å². The molecule has 1 aliphatic rings.